The van der Waals surface area contributed by atoms with Gasteiger partial charge in [0.05, 0.1) is 0 Å². The molecule has 1 aromatic rings. The molecule has 0 heterocycles. The van der Waals surface area contributed by atoms with Crippen molar-refractivity contribution in [3.63, 3.8) is 0 Å². The van der Waals surface area contributed by atoms with E-state index in [1.54, 1.807) is 6.07 Å². The van der Waals surface area contributed by atoms with Crippen LogP contribution in [0.1, 0.15) is 53.0 Å². The lowest BCUT2D eigenvalue weighted by Gasteiger charge is -2.30. The minimum Gasteiger partial charge on any atom is -0.371 e. The van der Waals surface area contributed by atoms with Crippen LogP contribution in [0.5, 0.6) is 0 Å². The number of nitrogens with one attached hydrogen (secondary N) is 1. The minimum absolute atomic E-state index is 0.108. The number of anilines is 1. The van der Waals surface area contributed by atoms with Gasteiger partial charge in [-0.15, -0.1) is 0 Å². The topological polar surface area (TPSA) is 15.3 Å². The lowest BCUT2D eigenvalue weighted by atomic mass is 10.0. The number of benzene rings is 1. The summed E-state index contributed by atoms with van der Waals surface area (Å²) in [7, 11) is 0. The van der Waals surface area contributed by atoms with E-state index in [-0.39, 0.29) is 5.82 Å². The summed E-state index contributed by atoms with van der Waals surface area (Å²) >= 11 is 0. The van der Waals surface area contributed by atoms with Gasteiger partial charge in [-0.3, -0.25) is 0 Å². The van der Waals surface area contributed by atoms with Gasteiger partial charge in [0, 0.05) is 36.9 Å². The molecule has 120 valence electrons. The average molecular weight is 294 g/mol. The first-order valence-electron chi connectivity index (χ1n) is 8.29. The van der Waals surface area contributed by atoms with Crippen molar-refractivity contribution in [3.05, 3.63) is 29.6 Å². The molecule has 0 unspecified atom stereocenters. The first kappa shape index (κ1) is 18.0. The van der Waals surface area contributed by atoms with E-state index >= 15 is 0 Å². The van der Waals surface area contributed by atoms with Crippen LogP contribution >= 0.6 is 0 Å². The predicted molar refractivity (Wildman–Crippen MR) is 90.3 cm³/mol. The van der Waals surface area contributed by atoms with E-state index in [0.29, 0.717) is 18.5 Å². The first-order chi connectivity index (χ1) is 10.0. The highest BCUT2D eigenvalue weighted by atomic mass is 19.1. The van der Waals surface area contributed by atoms with E-state index in [2.05, 4.69) is 44.8 Å². The fraction of sp³-hybridized carbons (Fsp3) is 0.667. The van der Waals surface area contributed by atoms with Gasteiger partial charge in [-0.25, -0.2) is 4.39 Å². The van der Waals surface area contributed by atoms with Gasteiger partial charge in [0.15, 0.2) is 0 Å². The lowest BCUT2D eigenvalue weighted by Crippen LogP contribution is -2.31. The Morgan fingerprint density at radius 1 is 1.14 bits per heavy atom. The largest absolute Gasteiger partial charge is 0.371 e. The Kier molecular flexibility index (Phi) is 7.73. The zero-order valence-corrected chi connectivity index (χ0v) is 14.2. The summed E-state index contributed by atoms with van der Waals surface area (Å²) in [5.41, 5.74) is 1.83. The van der Waals surface area contributed by atoms with Crippen LogP contribution in [-0.4, -0.2) is 19.1 Å². The Hall–Kier alpha value is -1.09. The average Bonchev–Trinajstić information content (AvgIpc) is 2.47. The second-order valence-electron chi connectivity index (χ2n) is 5.99. The molecule has 0 amide bonds. The maximum Gasteiger partial charge on any atom is 0.129 e. The van der Waals surface area contributed by atoms with Gasteiger partial charge >= 0.3 is 0 Å². The second-order valence-corrected chi connectivity index (χ2v) is 5.99. The Morgan fingerprint density at radius 3 is 2.33 bits per heavy atom. The molecular weight excluding hydrogens is 263 g/mol. The molecule has 0 bridgehead atoms. The minimum atomic E-state index is -0.108. The van der Waals surface area contributed by atoms with E-state index in [1.165, 1.54) is 12.8 Å². The molecule has 0 aromatic heterocycles. The van der Waals surface area contributed by atoms with Crippen LogP contribution in [0, 0.1) is 11.7 Å². The van der Waals surface area contributed by atoms with Crippen LogP contribution < -0.4 is 10.2 Å². The van der Waals surface area contributed by atoms with Crippen LogP contribution in [-0.2, 0) is 6.54 Å². The molecule has 0 saturated carbocycles. The van der Waals surface area contributed by atoms with Crippen molar-refractivity contribution in [1.82, 2.24) is 5.32 Å². The Morgan fingerprint density at radius 2 is 1.81 bits per heavy atom. The molecule has 0 atom stereocenters. The highest BCUT2D eigenvalue weighted by Crippen LogP contribution is 2.25. The quantitative estimate of drug-likeness (QED) is 0.717. The van der Waals surface area contributed by atoms with Crippen molar-refractivity contribution in [1.29, 1.82) is 0 Å². The summed E-state index contributed by atoms with van der Waals surface area (Å²) in [6, 6.07) is 5.78. The molecule has 2 nitrogen and oxygen atoms in total. The highest BCUT2D eigenvalue weighted by Gasteiger charge is 2.16. The third-order valence-electron chi connectivity index (χ3n) is 4.14. The third kappa shape index (κ3) is 5.31. The molecule has 0 aliphatic rings. The molecule has 1 N–H and O–H groups in total. The Bertz CT molecular complexity index is 414. The number of nitrogens with zero attached hydrogens (tertiary/aromatic N) is 1. The van der Waals surface area contributed by atoms with Crippen molar-refractivity contribution in [2.24, 2.45) is 5.92 Å². The standard InChI is InChI=1S/C18H31FN2/c1-6-15(7-2)13-21(8-3)18-11-9-10-17(19)16(18)12-20-14(4)5/h9-11,14-15,20H,6-8,12-13H2,1-5H3. The number of rotatable bonds is 9. The smallest absolute Gasteiger partial charge is 0.129 e. The molecule has 0 radical (unpaired) electrons. The maximum atomic E-state index is 14.2. The van der Waals surface area contributed by atoms with Crippen LogP contribution in [0.25, 0.3) is 0 Å². The fourth-order valence-corrected chi connectivity index (χ4v) is 2.58. The SMILES string of the molecule is CCC(CC)CN(CC)c1cccc(F)c1CNC(C)C. The monoisotopic (exact) mass is 294 g/mol. The van der Waals surface area contributed by atoms with Crippen molar-refractivity contribution in [2.45, 2.75) is 60.0 Å². The maximum absolute atomic E-state index is 14.2. The molecule has 0 saturated heterocycles. The van der Waals surface area contributed by atoms with Gasteiger partial charge in [0.2, 0.25) is 0 Å². The van der Waals surface area contributed by atoms with E-state index in [0.717, 1.165) is 24.3 Å². The zero-order valence-electron chi connectivity index (χ0n) is 14.2. The molecule has 0 spiro atoms. The van der Waals surface area contributed by atoms with Gasteiger partial charge in [0.1, 0.15) is 5.82 Å². The van der Waals surface area contributed by atoms with Gasteiger partial charge < -0.3 is 10.2 Å². The summed E-state index contributed by atoms with van der Waals surface area (Å²) in [5, 5.41) is 3.34. The van der Waals surface area contributed by atoms with Gasteiger partial charge in [-0.2, -0.15) is 0 Å². The molecule has 1 rings (SSSR count). The second kappa shape index (κ2) is 9.04. The number of hydrogen-bond donors (Lipinski definition) is 1. The van der Waals surface area contributed by atoms with Gasteiger partial charge in [0.25, 0.3) is 0 Å². The van der Waals surface area contributed by atoms with Gasteiger partial charge in [-0.1, -0.05) is 46.6 Å². The zero-order chi connectivity index (χ0) is 15.8. The molecule has 0 fully saturated rings. The van der Waals surface area contributed by atoms with Gasteiger partial charge in [-0.05, 0) is 25.0 Å². The highest BCUT2D eigenvalue weighted by molar-refractivity contribution is 5.54. The van der Waals surface area contributed by atoms with Crippen molar-refractivity contribution in [2.75, 3.05) is 18.0 Å². The third-order valence-corrected chi connectivity index (χ3v) is 4.14. The molecule has 3 heteroatoms. The van der Waals surface area contributed by atoms with Crippen LogP contribution in [0.2, 0.25) is 0 Å². The summed E-state index contributed by atoms with van der Waals surface area (Å²) in [4.78, 5) is 2.32. The summed E-state index contributed by atoms with van der Waals surface area (Å²) in [6.07, 6.45) is 2.34. The van der Waals surface area contributed by atoms with E-state index < -0.39 is 0 Å². The lowest BCUT2D eigenvalue weighted by molar-refractivity contribution is 0.483. The fourth-order valence-electron chi connectivity index (χ4n) is 2.58. The molecular formula is C18H31FN2. The van der Waals surface area contributed by atoms with E-state index in [4.69, 9.17) is 0 Å². The van der Waals surface area contributed by atoms with Crippen LogP contribution in [0.4, 0.5) is 10.1 Å². The molecule has 0 aliphatic carbocycles. The van der Waals surface area contributed by atoms with Crippen LogP contribution in [0.15, 0.2) is 18.2 Å². The summed E-state index contributed by atoms with van der Waals surface area (Å²) < 4.78 is 14.2. The molecule has 21 heavy (non-hydrogen) atoms. The van der Waals surface area contributed by atoms with Crippen molar-refractivity contribution in [3.8, 4) is 0 Å². The van der Waals surface area contributed by atoms with E-state index in [1.807, 2.05) is 12.1 Å². The van der Waals surface area contributed by atoms with Crippen molar-refractivity contribution < 1.29 is 4.39 Å². The Labute approximate surface area is 129 Å². The van der Waals surface area contributed by atoms with Crippen molar-refractivity contribution >= 4 is 5.69 Å². The summed E-state index contributed by atoms with van der Waals surface area (Å²) in [5.74, 6) is 0.558. The number of hydrogen-bond acceptors (Lipinski definition) is 2. The van der Waals surface area contributed by atoms with Crippen LogP contribution in [0.3, 0.4) is 0 Å². The summed E-state index contributed by atoms with van der Waals surface area (Å²) in [6.45, 7) is 13.3. The molecule has 0 aliphatic heterocycles. The molecule has 1 aromatic carbocycles. The predicted octanol–water partition coefficient (Wildman–Crippen LogP) is 4.59. The number of halogens is 1. The van der Waals surface area contributed by atoms with E-state index in [9.17, 15) is 4.39 Å². The Balaban J connectivity index is 2.99. The normalized spacial score (nSPS) is 11.4. The first-order valence-corrected chi connectivity index (χ1v) is 8.29.